The van der Waals surface area contributed by atoms with Crippen molar-refractivity contribution in [3.05, 3.63) is 58.6 Å². The van der Waals surface area contributed by atoms with Crippen molar-refractivity contribution < 1.29 is 14.3 Å². The Morgan fingerprint density at radius 1 is 1.17 bits per heavy atom. The fraction of sp³-hybridized carbons (Fsp3) is 0.278. The molecule has 6 heteroatoms. The maximum absolute atomic E-state index is 12.8. The van der Waals surface area contributed by atoms with Crippen molar-refractivity contribution in [2.24, 2.45) is 5.73 Å². The molecule has 2 N–H and O–H groups in total. The highest BCUT2D eigenvalue weighted by Gasteiger charge is 2.23. The predicted octanol–water partition coefficient (Wildman–Crippen LogP) is 2.71. The molecule has 2 aromatic carbocycles. The zero-order valence-electron chi connectivity index (χ0n) is 13.2. The molecule has 1 amide bonds. The lowest BCUT2D eigenvalue weighted by Crippen LogP contribution is -2.37. The molecule has 5 nitrogen and oxygen atoms in total. The van der Waals surface area contributed by atoms with Crippen molar-refractivity contribution >= 4 is 17.5 Å². The van der Waals surface area contributed by atoms with Gasteiger partial charge in [0.1, 0.15) is 0 Å². The Bertz CT molecular complexity index is 722. The number of benzene rings is 2. The molecule has 0 saturated heterocycles. The van der Waals surface area contributed by atoms with Crippen LogP contribution in [0.4, 0.5) is 0 Å². The summed E-state index contributed by atoms with van der Waals surface area (Å²) in [5, 5.41) is 0.379. The fourth-order valence-corrected chi connectivity index (χ4v) is 2.92. The zero-order valence-corrected chi connectivity index (χ0v) is 14.0. The Labute approximate surface area is 145 Å². The highest BCUT2D eigenvalue weighted by atomic mass is 35.5. The van der Waals surface area contributed by atoms with Crippen molar-refractivity contribution in [2.45, 2.75) is 6.42 Å². The molecule has 1 aliphatic heterocycles. The number of rotatable bonds is 6. The van der Waals surface area contributed by atoms with E-state index in [0.717, 1.165) is 6.42 Å². The van der Waals surface area contributed by atoms with Crippen LogP contribution in [-0.4, -0.2) is 37.2 Å². The number of carbonyl (C=O) groups excluding carboxylic acids is 1. The topological polar surface area (TPSA) is 64.8 Å². The Kier molecular flexibility index (Phi) is 5.23. The smallest absolute Gasteiger partial charge is 0.254 e. The van der Waals surface area contributed by atoms with Gasteiger partial charge in [0.05, 0.1) is 5.02 Å². The van der Waals surface area contributed by atoms with E-state index in [1.165, 1.54) is 5.56 Å². The quantitative estimate of drug-likeness (QED) is 0.873. The van der Waals surface area contributed by atoms with E-state index in [1.807, 2.05) is 30.3 Å². The predicted molar refractivity (Wildman–Crippen MR) is 92.7 cm³/mol. The summed E-state index contributed by atoms with van der Waals surface area (Å²) in [5.41, 5.74) is 7.32. The highest BCUT2D eigenvalue weighted by Crippen LogP contribution is 2.40. The summed E-state index contributed by atoms with van der Waals surface area (Å²) in [7, 11) is 0. The van der Waals surface area contributed by atoms with Crippen LogP contribution in [-0.2, 0) is 6.42 Å². The van der Waals surface area contributed by atoms with Gasteiger partial charge in [0.15, 0.2) is 11.5 Å². The van der Waals surface area contributed by atoms with Crippen LogP contribution < -0.4 is 15.2 Å². The third-order valence-corrected chi connectivity index (χ3v) is 4.15. The molecule has 3 rings (SSSR count). The number of nitrogens with two attached hydrogens (primary N) is 1. The number of nitrogens with zero attached hydrogens (tertiary/aromatic N) is 1. The first-order chi connectivity index (χ1) is 11.7. The molecule has 0 radical (unpaired) electrons. The first kappa shape index (κ1) is 16.6. The number of fused-ring (bicyclic) bond motifs is 1. The van der Waals surface area contributed by atoms with Crippen molar-refractivity contribution in [3.63, 3.8) is 0 Å². The van der Waals surface area contributed by atoms with Crippen molar-refractivity contribution in [3.8, 4) is 11.5 Å². The second kappa shape index (κ2) is 7.55. The molecule has 1 heterocycles. The van der Waals surface area contributed by atoms with Crippen LogP contribution in [0, 0.1) is 0 Å². The van der Waals surface area contributed by atoms with Gasteiger partial charge in [-0.1, -0.05) is 41.9 Å². The zero-order chi connectivity index (χ0) is 16.9. The molecule has 0 atom stereocenters. The summed E-state index contributed by atoms with van der Waals surface area (Å²) < 4.78 is 10.6. The Morgan fingerprint density at radius 3 is 2.71 bits per heavy atom. The van der Waals surface area contributed by atoms with E-state index >= 15 is 0 Å². The lowest BCUT2D eigenvalue weighted by atomic mass is 10.1. The SMILES string of the molecule is NCCN(CCc1ccccc1)C(=O)c1cc(Cl)c2c(c1)OCO2. The lowest BCUT2D eigenvalue weighted by Gasteiger charge is -2.22. The minimum atomic E-state index is -0.114. The average molecular weight is 347 g/mol. The molecule has 2 aromatic rings. The van der Waals surface area contributed by atoms with E-state index in [4.69, 9.17) is 26.8 Å². The molecule has 0 spiro atoms. The number of carbonyl (C=O) groups is 1. The van der Waals surface area contributed by atoms with Gasteiger partial charge < -0.3 is 20.1 Å². The number of ether oxygens (including phenoxy) is 2. The van der Waals surface area contributed by atoms with Crippen LogP contribution in [0.3, 0.4) is 0 Å². The van der Waals surface area contributed by atoms with Gasteiger partial charge >= 0.3 is 0 Å². The van der Waals surface area contributed by atoms with Gasteiger partial charge in [-0.2, -0.15) is 0 Å². The molecule has 1 aliphatic rings. The number of hydrogen-bond donors (Lipinski definition) is 1. The van der Waals surface area contributed by atoms with Gasteiger partial charge in [-0.25, -0.2) is 0 Å². The minimum Gasteiger partial charge on any atom is -0.454 e. The number of halogens is 1. The second-order valence-electron chi connectivity index (χ2n) is 5.51. The molecule has 0 aromatic heterocycles. The summed E-state index contributed by atoms with van der Waals surface area (Å²) in [4.78, 5) is 14.6. The molecule has 0 saturated carbocycles. The van der Waals surface area contributed by atoms with Crippen LogP contribution >= 0.6 is 11.6 Å². The lowest BCUT2D eigenvalue weighted by molar-refractivity contribution is 0.0761. The molecular weight excluding hydrogens is 328 g/mol. The van der Waals surface area contributed by atoms with Gasteiger partial charge in [0.2, 0.25) is 6.79 Å². The molecule has 0 fully saturated rings. The van der Waals surface area contributed by atoms with Crippen LogP contribution in [0.1, 0.15) is 15.9 Å². The minimum absolute atomic E-state index is 0.114. The first-order valence-corrected chi connectivity index (χ1v) is 8.19. The number of hydrogen-bond acceptors (Lipinski definition) is 4. The van der Waals surface area contributed by atoms with Gasteiger partial charge in [0, 0.05) is 25.2 Å². The molecular formula is C18H19ClN2O3. The Hall–Kier alpha value is -2.24. The van der Waals surface area contributed by atoms with Gasteiger partial charge in [-0.05, 0) is 24.1 Å². The first-order valence-electron chi connectivity index (χ1n) is 7.81. The third kappa shape index (κ3) is 3.63. The average Bonchev–Trinajstić information content (AvgIpc) is 3.08. The highest BCUT2D eigenvalue weighted by molar-refractivity contribution is 6.32. The van der Waals surface area contributed by atoms with Crippen molar-refractivity contribution in [1.29, 1.82) is 0 Å². The van der Waals surface area contributed by atoms with E-state index < -0.39 is 0 Å². The third-order valence-electron chi connectivity index (χ3n) is 3.87. The van der Waals surface area contributed by atoms with E-state index in [0.29, 0.717) is 41.7 Å². The van der Waals surface area contributed by atoms with E-state index in [9.17, 15) is 4.79 Å². The normalized spacial score (nSPS) is 12.2. The van der Waals surface area contributed by atoms with Crippen molar-refractivity contribution in [1.82, 2.24) is 4.90 Å². The van der Waals surface area contributed by atoms with Crippen LogP contribution in [0.2, 0.25) is 5.02 Å². The molecule has 0 unspecified atom stereocenters. The maximum atomic E-state index is 12.8. The van der Waals surface area contributed by atoms with Crippen LogP contribution in [0.25, 0.3) is 0 Å². The Balaban J connectivity index is 1.75. The summed E-state index contributed by atoms with van der Waals surface area (Å²) in [6.07, 6.45) is 0.769. The van der Waals surface area contributed by atoms with Gasteiger partial charge in [-0.3, -0.25) is 4.79 Å². The summed E-state index contributed by atoms with van der Waals surface area (Å²) >= 11 is 6.17. The van der Waals surface area contributed by atoms with E-state index in [1.54, 1.807) is 17.0 Å². The summed E-state index contributed by atoms with van der Waals surface area (Å²) in [6, 6.07) is 13.3. The van der Waals surface area contributed by atoms with E-state index in [-0.39, 0.29) is 12.7 Å². The van der Waals surface area contributed by atoms with Crippen LogP contribution in [0.5, 0.6) is 11.5 Å². The summed E-state index contributed by atoms with van der Waals surface area (Å²) in [5.74, 6) is 0.876. The number of amides is 1. The molecule has 126 valence electrons. The fourth-order valence-electron chi connectivity index (χ4n) is 2.65. The molecule has 0 aliphatic carbocycles. The van der Waals surface area contributed by atoms with Crippen molar-refractivity contribution in [2.75, 3.05) is 26.4 Å². The monoisotopic (exact) mass is 346 g/mol. The van der Waals surface area contributed by atoms with Gasteiger partial charge in [-0.15, -0.1) is 0 Å². The van der Waals surface area contributed by atoms with E-state index in [2.05, 4.69) is 0 Å². The van der Waals surface area contributed by atoms with Gasteiger partial charge in [0.25, 0.3) is 5.91 Å². The standard InChI is InChI=1S/C18H19ClN2O3/c19-15-10-14(11-16-17(15)24-12-23-16)18(22)21(9-7-20)8-6-13-4-2-1-3-5-13/h1-5,10-11H,6-9,12,20H2. The maximum Gasteiger partial charge on any atom is 0.254 e. The Morgan fingerprint density at radius 2 is 1.96 bits per heavy atom. The summed E-state index contributed by atoms with van der Waals surface area (Å²) in [6.45, 7) is 1.59. The van der Waals surface area contributed by atoms with Crippen LogP contribution in [0.15, 0.2) is 42.5 Å². The largest absolute Gasteiger partial charge is 0.454 e. The second-order valence-corrected chi connectivity index (χ2v) is 5.92. The molecule has 24 heavy (non-hydrogen) atoms. The molecule has 0 bridgehead atoms.